The first-order valence-electron chi connectivity index (χ1n) is 15.3. The zero-order valence-electron chi connectivity index (χ0n) is 26.9. The fourth-order valence-corrected chi connectivity index (χ4v) is 5.45. The molecule has 1 aromatic heterocycles. The minimum atomic E-state index is -0.396. The van der Waals surface area contributed by atoms with E-state index < -0.39 is 5.91 Å². The molecule has 1 aliphatic heterocycles. The molecule has 0 aliphatic carbocycles. The fraction of sp³-hybridized carbons (Fsp3) is 0.343. The second kappa shape index (κ2) is 14.9. The molecule has 1 amide bonds. The highest BCUT2D eigenvalue weighted by Gasteiger charge is 2.25. The molecule has 3 aromatic carbocycles. The van der Waals surface area contributed by atoms with Gasteiger partial charge in [0, 0.05) is 49.9 Å². The van der Waals surface area contributed by atoms with Crippen molar-refractivity contribution in [3.05, 3.63) is 95.8 Å². The molecule has 0 atom stereocenters. The van der Waals surface area contributed by atoms with Gasteiger partial charge in [-0.1, -0.05) is 30.3 Å². The predicted octanol–water partition coefficient (Wildman–Crippen LogP) is 5.56. The van der Waals surface area contributed by atoms with Crippen LogP contribution in [0.1, 0.15) is 27.9 Å². The molecule has 0 radical (unpaired) electrons. The number of amides is 1. The lowest BCUT2D eigenvalue weighted by molar-refractivity contribution is 0.0875. The lowest BCUT2D eigenvalue weighted by atomic mass is 10.1. The number of carbonyl (C=O) groups excluding carboxylic acids is 1. The first-order chi connectivity index (χ1) is 21.8. The summed E-state index contributed by atoms with van der Waals surface area (Å²) < 4.78 is 5.46. The van der Waals surface area contributed by atoms with E-state index in [4.69, 9.17) is 9.57 Å². The SMILES string of the molecule is COc1ccccc1ON(C(=O)c1cnc(Nc2ccc(N3CCN(CCCN(C)C)CC3)cc2)nc1)c1c(C)cccc1C. The number of ether oxygens (including phenoxy) is 1. The number of para-hydroxylation sites is 3. The van der Waals surface area contributed by atoms with E-state index in [0.717, 1.165) is 56.1 Å². The van der Waals surface area contributed by atoms with Crippen LogP contribution in [0.5, 0.6) is 11.5 Å². The van der Waals surface area contributed by atoms with E-state index in [-0.39, 0.29) is 5.56 Å². The van der Waals surface area contributed by atoms with E-state index >= 15 is 0 Å². The molecular formula is C35H43N7O3. The van der Waals surface area contributed by atoms with Crippen molar-refractivity contribution in [2.24, 2.45) is 0 Å². The van der Waals surface area contributed by atoms with Crippen molar-refractivity contribution in [1.29, 1.82) is 0 Å². The maximum atomic E-state index is 13.9. The Morgan fingerprint density at radius 2 is 1.51 bits per heavy atom. The van der Waals surface area contributed by atoms with E-state index in [1.807, 2.05) is 56.3 Å². The summed E-state index contributed by atoms with van der Waals surface area (Å²) in [5, 5.41) is 4.54. The van der Waals surface area contributed by atoms with Crippen LogP contribution >= 0.6 is 0 Å². The summed E-state index contributed by atoms with van der Waals surface area (Å²) in [5.74, 6) is 0.934. The number of carbonyl (C=O) groups is 1. The number of aromatic nitrogens is 2. The average molecular weight is 610 g/mol. The van der Waals surface area contributed by atoms with E-state index in [2.05, 4.69) is 56.2 Å². The van der Waals surface area contributed by atoms with Gasteiger partial charge in [-0.3, -0.25) is 9.69 Å². The molecule has 5 rings (SSSR count). The molecule has 45 heavy (non-hydrogen) atoms. The Morgan fingerprint density at radius 1 is 0.867 bits per heavy atom. The second-order valence-electron chi connectivity index (χ2n) is 11.5. The highest BCUT2D eigenvalue weighted by Crippen LogP contribution is 2.32. The summed E-state index contributed by atoms with van der Waals surface area (Å²) in [6, 6.07) is 21.4. The van der Waals surface area contributed by atoms with Crippen molar-refractivity contribution in [1.82, 2.24) is 19.8 Å². The van der Waals surface area contributed by atoms with Gasteiger partial charge in [-0.05, 0) is 95.0 Å². The van der Waals surface area contributed by atoms with Gasteiger partial charge in [0.15, 0.2) is 11.5 Å². The van der Waals surface area contributed by atoms with Crippen LogP contribution in [0.15, 0.2) is 79.1 Å². The third-order valence-corrected chi connectivity index (χ3v) is 7.93. The number of nitrogens with zero attached hydrogens (tertiary/aromatic N) is 6. The predicted molar refractivity (Wildman–Crippen MR) is 180 cm³/mol. The summed E-state index contributed by atoms with van der Waals surface area (Å²) in [6.07, 6.45) is 4.22. The molecule has 236 valence electrons. The second-order valence-corrected chi connectivity index (χ2v) is 11.5. The van der Waals surface area contributed by atoms with Gasteiger partial charge in [-0.2, -0.15) is 0 Å². The van der Waals surface area contributed by atoms with Gasteiger partial charge in [0.05, 0.1) is 18.4 Å². The maximum Gasteiger partial charge on any atom is 0.294 e. The Bertz CT molecular complexity index is 1530. The number of piperazine rings is 1. The summed E-state index contributed by atoms with van der Waals surface area (Å²) >= 11 is 0. The third kappa shape index (κ3) is 8.09. The molecular weight excluding hydrogens is 566 g/mol. The molecule has 0 bridgehead atoms. The average Bonchev–Trinajstić information content (AvgIpc) is 3.05. The van der Waals surface area contributed by atoms with Gasteiger partial charge in [0.2, 0.25) is 5.95 Å². The Kier molecular flexibility index (Phi) is 10.5. The Balaban J connectivity index is 1.24. The number of aryl methyl sites for hydroxylation is 2. The summed E-state index contributed by atoms with van der Waals surface area (Å²) in [6.45, 7) is 10.4. The van der Waals surface area contributed by atoms with Crippen LogP contribution in [0.25, 0.3) is 0 Å². The van der Waals surface area contributed by atoms with Crippen LogP contribution in [0.4, 0.5) is 23.0 Å². The van der Waals surface area contributed by atoms with Crippen LogP contribution in [0, 0.1) is 13.8 Å². The standard InChI is InChI=1S/C35H43N7O3/c1-26-10-8-11-27(2)33(26)42(45-32-13-7-6-12-31(32)44-5)34(43)28-24-36-35(37-25-28)38-29-14-16-30(17-15-29)41-22-20-40(21-23-41)19-9-18-39(3)4/h6-8,10-17,24-25H,9,18-23H2,1-5H3,(H,36,37,38). The zero-order valence-corrected chi connectivity index (χ0v) is 26.9. The van der Waals surface area contributed by atoms with Crippen molar-refractivity contribution in [2.75, 3.05) is 75.8 Å². The maximum absolute atomic E-state index is 13.9. The number of hydrogen-bond donors (Lipinski definition) is 1. The van der Waals surface area contributed by atoms with Crippen LogP contribution in [0.3, 0.4) is 0 Å². The number of methoxy groups -OCH3 is 1. The smallest absolute Gasteiger partial charge is 0.294 e. The molecule has 1 aliphatic rings. The van der Waals surface area contributed by atoms with Crippen LogP contribution in [-0.2, 0) is 0 Å². The van der Waals surface area contributed by atoms with Crippen LogP contribution in [0.2, 0.25) is 0 Å². The van der Waals surface area contributed by atoms with Gasteiger partial charge in [0.25, 0.3) is 5.91 Å². The zero-order chi connectivity index (χ0) is 31.8. The van der Waals surface area contributed by atoms with Gasteiger partial charge < -0.3 is 24.7 Å². The quantitative estimate of drug-likeness (QED) is 0.208. The third-order valence-electron chi connectivity index (χ3n) is 7.93. The van der Waals surface area contributed by atoms with Gasteiger partial charge >= 0.3 is 0 Å². The molecule has 1 fully saturated rings. The van der Waals surface area contributed by atoms with Crippen molar-refractivity contribution < 1.29 is 14.4 Å². The number of anilines is 4. The Morgan fingerprint density at radius 3 is 2.13 bits per heavy atom. The van der Waals surface area contributed by atoms with E-state index in [1.54, 1.807) is 19.2 Å². The molecule has 2 heterocycles. The minimum absolute atomic E-state index is 0.286. The Labute approximate surface area is 266 Å². The highest BCUT2D eigenvalue weighted by atomic mass is 16.7. The number of hydroxylamine groups is 1. The van der Waals surface area contributed by atoms with Gasteiger partial charge in [-0.15, -0.1) is 5.06 Å². The molecule has 0 saturated carbocycles. The summed E-state index contributed by atoms with van der Waals surface area (Å²) in [5.41, 5.74) is 4.80. The lowest BCUT2D eigenvalue weighted by Crippen LogP contribution is -2.46. The summed E-state index contributed by atoms with van der Waals surface area (Å²) in [4.78, 5) is 36.2. The molecule has 4 aromatic rings. The molecule has 10 nitrogen and oxygen atoms in total. The Hall–Kier alpha value is -4.67. The largest absolute Gasteiger partial charge is 0.493 e. The number of benzene rings is 3. The van der Waals surface area contributed by atoms with Crippen LogP contribution < -0.4 is 24.9 Å². The van der Waals surface area contributed by atoms with E-state index in [9.17, 15) is 4.79 Å². The number of hydrogen-bond acceptors (Lipinski definition) is 9. The molecule has 0 unspecified atom stereocenters. The van der Waals surface area contributed by atoms with E-state index in [0.29, 0.717) is 23.1 Å². The van der Waals surface area contributed by atoms with E-state index in [1.165, 1.54) is 29.6 Å². The van der Waals surface area contributed by atoms with Crippen molar-refractivity contribution in [3.63, 3.8) is 0 Å². The minimum Gasteiger partial charge on any atom is -0.493 e. The monoisotopic (exact) mass is 609 g/mol. The lowest BCUT2D eigenvalue weighted by Gasteiger charge is -2.36. The van der Waals surface area contributed by atoms with Gasteiger partial charge in [-0.25, -0.2) is 9.97 Å². The first kappa shape index (κ1) is 31.7. The topological polar surface area (TPSA) is 86.3 Å². The number of rotatable bonds is 12. The normalized spacial score (nSPS) is 13.5. The molecule has 0 spiro atoms. The fourth-order valence-electron chi connectivity index (χ4n) is 5.45. The molecule has 10 heteroatoms. The molecule has 1 N–H and O–H groups in total. The molecule has 1 saturated heterocycles. The van der Waals surface area contributed by atoms with Crippen molar-refractivity contribution in [2.45, 2.75) is 20.3 Å². The highest BCUT2D eigenvalue weighted by molar-refractivity contribution is 6.05. The van der Waals surface area contributed by atoms with Crippen LogP contribution in [-0.4, -0.2) is 86.1 Å². The number of nitrogens with one attached hydrogen (secondary N) is 1. The van der Waals surface area contributed by atoms with Gasteiger partial charge in [0.1, 0.15) is 0 Å². The van der Waals surface area contributed by atoms with Crippen molar-refractivity contribution >= 4 is 28.9 Å². The summed E-state index contributed by atoms with van der Waals surface area (Å²) in [7, 11) is 5.82. The van der Waals surface area contributed by atoms with Crippen molar-refractivity contribution in [3.8, 4) is 11.5 Å². The first-order valence-corrected chi connectivity index (χ1v) is 15.3.